The Morgan fingerprint density at radius 2 is 1.88 bits per heavy atom. The summed E-state index contributed by atoms with van der Waals surface area (Å²) >= 11 is 0. The maximum atomic E-state index is 12.9. The Morgan fingerprint density at radius 3 is 2.50 bits per heavy atom. The van der Waals surface area contributed by atoms with E-state index in [1.165, 1.54) is 19.2 Å². The van der Waals surface area contributed by atoms with Gasteiger partial charge in [-0.05, 0) is 58.7 Å². The Morgan fingerprint density at radius 1 is 1.16 bits per heavy atom. The quantitative estimate of drug-likeness (QED) is 0.447. The van der Waals surface area contributed by atoms with Gasteiger partial charge in [0, 0.05) is 37.6 Å². The highest BCUT2D eigenvalue weighted by atomic mass is 32.2. The SMILES string of the molecule is C=C/C(=C\C(=C(N)N)S(=O)(=O)N(C)CCO)c1ccc2nccc(-c3ccncc3)c2c1. The molecule has 5 N–H and O–H groups in total. The Labute approximate surface area is 187 Å². The van der Waals surface area contributed by atoms with Crippen LogP contribution in [0.15, 0.2) is 84.4 Å². The molecule has 9 heteroatoms. The number of aliphatic hydroxyl groups excluding tert-OH is 1. The van der Waals surface area contributed by atoms with Crippen LogP contribution in [0.3, 0.4) is 0 Å². The van der Waals surface area contributed by atoms with Gasteiger partial charge in [0.25, 0.3) is 0 Å². The van der Waals surface area contributed by atoms with Crippen molar-refractivity contribution >= 4 is 26.5 Å². The van der Waals surface area contributed by atoms with Crippen molar-refractivity contribution in [3.05, 3.63) is 90.0 Å². The molecule has 0 saturated carbocycles. The second kappa shape index (κ2) is 9.73. The molecule has 0 fully saturated rings. The van der Waals surface area contributed by atoms with Gasteiger partial charge in [-0.3, -0.25) is 9.97 Å². The zero-order chi connectivity index (χ0) is 23.3. The fraction of sp³-hybridized carbons (Fsp3) is 0.130. The minimum absolute atomic E-state index is 0.0900. The lowest BCUT2D eigenvalue weighted by atomic mass is 9.97. The summed E-state index contributed by atoms with van der Waals surface area (Å²) in [7, 11) is -2.66. The van der Waals surface area contributed by atoms with E-state index in [0.717, 1.165) is 31.9 Å². The van der Waals surface area contributed by atoms with Crippen LogP contribution >= 0.6 is 0 Å². The summed E-state index contributed by atoms with van der Waals surface area (Å²) in [6.07, 6.45) is 8.09. The fourth-order valence-corrected chi connectivity index (χ4v) is 4.48. The van der Waals surface area contributed by atoms with E-state index in [2.05, 4.69) is 16.5 Å². The minimum Gasteiger partial charge on any atom is -0.395 e. The molecule has 0 bridgehead atoms. The summed E-state index contributed by atoms with van der Waals surface area (Å²) in [5.74, 6) is -0.353. The van der Waals surface area contributed by atoms with Gasteiger partial charge in [0.2, 0.25) is 10.0 Å². The molecule has 0 atom stereocenters. The van der Waals surface area contributed by atoms with E-state index in [-0.39, 0.29) is 23.9 Å². The summed E-state index contributed by atoms with van der Waals surface area (Å²) in [6.45, 7) is 3.41. The molecule has 2 heterocycles. The average molecular weight is 452 g/mol. The van der Waals surface area contributed by atoms with Crippen molar-refractivity contribution in [1.82, 2.24) is 14.3 Å². The number of benzene rings is 1. The van der Waals surface area contributed by atoms with Gasteiger partial charge >= 0.3 is 0 Å². The summed E-state index contributed by atoms with van der Waals surface area (Å²) in [5, 5.41) is 10.0. The van der Waals surface area contributed by atoms with E-state index < -0.39 is 10.0 Å². The first-order chi connectivity index (χ1) is 15.3. The molecule has 32 heavy (non-hydrogen) atoms. The maximum absolute atomic E-state index is 12.9. The van der Waals surface area contributed by atoms with Crippen LogP contribution < -0.4 is 11.5 Å². The first kappa shape index (κ1) is 23.1. The molecule has 2 aromatic heterocycles. The predicted molar refractivity (Wildman–Crippen MR) is 127 cm³/mol. The van der Waals surface area contributed by atoms with Crippen molar-refractivity contribution in [3.8, 4) is 11.1 Å². The van der Waals surface area contributed by atoms with Crippen molar-refractivity contribution in [3.63, 3.8) is 0 Å². The summed E-state index contributed by atoms with van der Waals surface area (Å²) < 4.78 is 26.8. The van der Waals surface area contributed by atoms with Crippen LogP contribution in [-0.4, -0.2) is 48.0 Å². The van der Waals surface area contributed by atoms with Crippen molar-refractivity contribution < 1.29 is 13.5 Å². The van der Waals surface area contributed by atoms with Crippen LogP contribution in [0.1, 0.15) is 5.56 Å². The maximum Gasteiger partial charge on any atom is 0.246 e. The Kier molecular flexibility index (Phi) is 7.04. The monoisotopic (exact) mass is 451 g/mol. The zero-order valence-corrected chi connectivity index (χ0v) is 18.5. The van der Waals surface area contributed by atoms with Crippen molar-refractivity contribution in [2.45, 2.75) is 0 Å². The zero-order valence-electron chi connectivity index (χ0n) is 17.6. The molecule has 0 radical (unpaired) electrons. The summed E-state index contributed by atoms with van der Waals surface area (Å²) in [4.78, 5) is 8.24. The lowest BCUT2D eigenvalue weighted by molar-refractivity contribution is 0.267. The van der Waals surface area contributed by atoms with Gasteiger partial charge in [-0.1, -0.05) is 18.7 Å². The van der Waals surface area contributed by atoms with Gasteiger partial charge in [0.05, 0.1) is 12.1 Å². The number of aliphatic hydroxyl groups is 1. The van der Waals surface area contributed by atoms with Gasteiger partial charge in [-0.15, -0.1) is 0 Å². The number of likely N-dealkylation sites (N-methyl/N-ethyl adjacent to an activating group) is 1. The van der Waals surface area contributed by atoms with Gasteiger partial charge in [0.15, 0.2) is 0 Å². The molecular formula is C23H25N5O3S. The van der Waals surface area contributed by atoms with Gasteiger partial charge in [-0.2, -0.15) is 4.31 Å². The third-order valence-corrected chi connectivity index (χ3v) is 6.87. The van der Waals surface area contributed by atoms with Crippen molar-refractivity contribution in [2.75, 3.05) is 20.2 Å². The molecule has 0 aliphatic rings. The van der Waals surface area contributed by atoms with Gasteiger partial charge in [0.1, 0.15) is 10.7 Å². The summed E-state index contributed by atoms with van der Waals surface area (Å²) in [6, 6.07) is 11.3. The second-order valence-electron chi connectivity index (χ2n) is 7.00. The molecule has 1 aromatic carbocycles. The van der Waals surface area contributed by atoms with Crippen LogP contribution in [0.5, 0.6) is 0 Å². The Balaban J connectivity index is 2.16. The number of allylic oxidation sites excluding steroid dienone is 3. The number of pyridine rings is 2. The number of fused-ring (bicyclic) bond motifs is 1. The average Bonchev–Trinajstić information content (AvgIpc) is 2.79. The smallest absolute Gasteiger partial charge is 0.246 e. The first-order valence-electron chi connectivity index (χ1n) is 9.75. The lowest BCUT2D eigenvalue weighted by Crippen LogP contribution is -2.32. The lowest BCUT2D eigenvalue weighted by Gasteiger charge is -2.18. The van der Waals surface area contributed by atoms with Crippen LogP contribution in [0.25, 0.3) is 27.6 Å². The summed E-state index contributed by atoms with van der Waals surface area (Å²) in [5.41, 5.74) is 15.4. The van der Waals surface area contributed by atoms with Gasteiger partial charge in [-0.25, -0.2) is 8.42 Å². The minimum atomic E-state index is -4.01. The van der Waals surface area contributed by atoms with E-state index in [1.807, 2.05) is 36.4 Å². The van der Waals surface area contributed by atoms with Gasteiger partial charge < -0.3 is 16.6 Å². The van der Waals surface area contributed by atoms with E-state index >= 15 is 0 Å². The van der Waals surface area contributed by atoms with E-state index in [9.17, 15) is 8.42 Å². The molecule has 166 valence electrons. The molecule has 3 rings (SSSR count). The molecule has 0 amide bonds. The predicted octanol–water partition coefficient (Wildman–Crippen LogP) is 2.21. The third kappa shape index (κ3) is 4.70. The topological polar surface area (TPSA) is 135 Å². The van der Waals surface area contributed by atoms with E-state index in [4.69, 9.17) is 16.6 Å². The number of hydrogen-bond donors (Lipinski definition) is 3. The third-order valence-electron chi connectivity index (χ3n) is 4.96. The number of nitrogens with two attached hydrogens (primary N) is 2. The molecule has 0 aliphatic carbocycles. The van der Waals surface area contributed by atoms with Crippen molar-refractivity contribution in [1.29, 1.82) is 0 Å². The number of rotatable bonds is 8. The molecule has 3 aromatic rings. The Bertz CT molecular complexity index is 1300. The van der Waals surface area contributed by atoms with Crippen LogP contribution in [0.2, 0.25) is 0 Å². The molecule has 0 unspecified atom stereocenters. The highest BCUT2D eigenvalue weighted by Gasteiger charge is 2.24. The van der Waals surface area contributed by atoms with Crippen molar-refractivity contribution in [2.24, 2.45) is 11.5 Å². The molecule has 0 spiro atoms. The first-order valence-corrected chi connectivity index (χ1v) is 11.2. The molecule has 8 nitrogen and oxygen atoms in total. The number of hydrogen-bond acceptors (Lipinski definition) is 7. The van der Waals surface area contributed by atoms with Crippen LogP contribution in [0.4, 0.5) is 0 Å². The Hall–Kier alpha value is -3.53. The number of aromatic nitrogens is 2. The second-order valence-corrected chi connectivity index (χ2v) is 9.01. The van der Waals surface area contributed by atoms with E-state index in [0.29, 0.717) is 5.57 Å². The number of nitrogens with zero attached hydrogens (tertiary/aromatic N) is 3. The largest absolute Gasteiger partial charge is 0.395 e. The van der Waals surface area contributed by atoms with Crippen LogP contribution in [-0.2, 0) is 10.0 Å². The molecule has 0 saturated heterocycles. The molecule has 0 aliphatic heterocycles. The fourth-order valence-electron chi connectivity index (χ4n) is 3.25. The molecular weight excluding hydrogens is 426 g/mol. The highest BCUT2D eigenvalue weighted by Crippen LogP contribution is 2.30. The van der Waals surface area contributed by atoms with Crippen LogP contribution in [0, 0.1) is 0 Å². The number of sulfonamides is 1. The normalized spacial score (nSPS) is 12.2. The highest BCUT2D eigenvalue weighted by molar-refractivity contribution is 7.93. The standard InChI is InChI=1S/C23H25N5O3S/c1-3-16(15-22(23(24)25)32(30,31)28(2)12-13-29)18-4-5-21-20(14-18)19(8-11-27-21)17-6-9-26-10-7-17/h3-11,14-15,29H,1,12-13,24-25H2,2H3/b16-15+. The van der Waals surface area contributed by atoms with E-state index in [1.54, 1.807) is 18.6 Å².